The molecule has 0 radical (unpaired) electrons. The first kappa shape index (κ1) is 42.1. The van der Waals surface area contributed by atoms with Gasteiger partial charge in [0.1, 0.15) is 22.9 Å². The molecule has 0 aliphatic rings. The lowest BCUT2D eigenvalue weighted by atomic mass is 9.98. The zero-order valence-corrected chi connectivity index (χ0v) is 31.7. The highest BCUT2D eigenvalue weighted by atomic mass is 35.5. The Kier molecular flexibility index (Phi) is 12.3. The number of amides is 1. The van der Waals surface area contributed by atoms with Gasteiger partial charge < -0.3 is 14.8 Å². The van der Waals surface area contributed by atoms with E-state index in [1.807, 2.05) is 0 Å². The van der Waals surface area contributed by atoms with Crippen molar-refractivity contribution >= 4 is 29.3 Å². The maximum atomic E-state index is 14.1. The van der Waals surface area contributed by atoms with E-state index in [0.29, 0.717) is 27.8 Å². The average Bonchev–Trinajstić information content (AvgIpc) is 3.20. The molecule has 302 valence electrons. The van der Waals surface area contributed by atoms with Crippen LogP contribution in [0.15, 0.2) is 127 Å². The predicted molar refractivity (Wildman–Crippen MR) is 208 cm³/mol. The fourth-order valence-electron chi connectivity index (χ4n) is 6.17. The Balaban J connectivity index is 1.32. The molecular formula is C45H31ClF7NO5. The molecule has 0 bridgehead atoms. The zero-order valence-electron chi connectivity index (χ0n) is 31.0. The van der Waals surface area contributed by atoms with Crippen molar-refractivity contribution in [3.63, 3.8) is 0 Å². The van der Waals surface area contributed by atoms with Gasteiger partial charge in [-0.1, -0.05) is 72.3 Å². The van der Waals surface area contributed by atoms with Crippen LogP contribution in [0.4, 0.5) is 30.7 Å². The Morgan fingerprint density at radius 2 is 1.05 bits per heavy atom. The van der Waals surface area contributed by atoms with Crippen LogP contribution < -0.4 is 14.8 Å². The Labute approximate surface area is 338 Å². The van der Waals surface area contributed by atoms with Gasteiger partial charge in [-0.15, -0.1) is 0 Å². The Morgan fingerprint density at radius 1 is 0.610 bits per heavy atom. The first-order valence-electron chi connectivity index (χ1n) is 17.7. The van der Waals surface area contributed by atoms with Crippen molar-refractivity contribution in [3.05, 3.63) is 166 Å². The van der Waals surface area contributed by atoms with Gasteiger partial charge in [0.05, 0.1) is 29.8 Å². The van der Waals surface area contributed by atoms with E-state index in [4.69, 9.17) is 21.1 Å². The molecule has 0 aliphatic heterocycles. The van der Waals surface area contributed by atoms with Crippen LogP contribution in [0.5, 0.6) is 11.5 Å². The number of methoxy groups -OCH3 is 1. The zero-order chi connectivity index (χ0) is 42.6. The number of ether oxygens (including phenoxy) is 2. The largest absolute Gasteiger partial charge is 0.496 e. The van der Waals surface area contributed by atoms with E-state index in [1.165, 1.54) is 86.8 Å². The smallest absolute Gasteiger partial charge is 0.416 e. The normalized spacial score (nSPS) is 12.1. The van der Waals surface area contributed by atoms with E-state index in [2.05, 4.69) is 5.32 Å². The molecule has 0 aromatic heterocycles. The van der Waals surface area contributed by atoms with Gasteiger partial charge >= 0.3 is 18.3 Å². The molecule has 0 spiro atoms. The monoisotopic (exact) mass is 833 g/mol. The van der Waals surface area contributed by atoms with E-state index in [9.17, 15) is 45.1 Å². The van der Waals surface area contributed by atoms with Gasteiger partial charge in [-0.2, -0.15) is 26.3 Å². The Morgan fingerprint density at radius 3 is 1.53 bits per heavy atom. The van der Waals surface area contributed by atoms with Gasteiger partial charge in [0.25, 0.3) is 5.91 Å². The van der Waals surface area contributed by atoms with Crippen LogP contribution in [0.25, 0.3) is 33.4 Å². The molecular weight excluding hydrogens is 803 g/mol. The quantitative estimate of drug-likeness (QED) is 0.0799. The molecule has 1 atom stereocenters. The second-order valence-corrected chi connectivity index (χ2v) is 13.7. The molecule has 0 fully saturated rings. The van der Waals surface area contributed by atoms with E-state index < -0.39 is 53.0 Å². The number of alkyl halides is 6. The van der Waals surface area contributed by atoms with Crippen molar-refractivity contribution in [1.82, 2.24) is 5.32 Å². The maximum Gasteiger partial charge on any atom is 0.416 e. The number of esters is 1. The number of ketones is 1. The average molecular weight is 834 g/mol. The van der Waals surface area contributed by atoms with Gasteiger partial charge in [-0.3, -0.25) is 9.59 Å². The molecule has 0 saturated carbocycles. The summed E-state index contributed by atoms with van der Waals surface area (Å²) in [4.78, 5) is 40.8. The van der Waals surface area contributed by atoms with Crippen LogP contribution in [-0.4, -0.2) is 30.8 Å². The number of hydrogen-bond acceptors (Lipinski definition) is 5. The van der Waals surface area contributed by atoms with Crippen molar-refractivity contribution in [2.75, 3.05) is 7.11 Å². The lowest BCUT2D eigenvalue weighted by Crippen LogP contribution is -2.41. The molecule has 6 aromatic rings. The Bertz CT molecular complexity index is 2520. The number of carbonyl (C=O) groups is 3. The summed E-state index contributed by atoms with van der Waals surface area (Å²) in [6, 6.07) is 26.3. The van der Waals surface area contributed by atoms with Gasteiger partial charge in [0.15, 0.2) is 5.78 Å². The first-order chi connectivity index (χ1) is 27.9. The topological polar surface area (TPSA) is 81.7 Å². The van der Waals surface area contributed by atoms with Crippen LogP contribution in [0.1, 0.15) is 44.3 Å². The maximum absolute atomic E-state index is 14.1. The number of hydrogen-bond donors (Lipinski definition) is 1. The molecule has 6 rings (SSSR count). The van der Waals surface area contributed by atoms with Crippen LogP contribution >= 0.6 is 11.6 Å². The highest BCUT2D eigenvalue weighted by molar-refractivity contribution is 6.31. The minimum absolute atomic E-state index is 0.0389. The lowest BCUT2D eigenvalue weighted by Gasteiger charge is -2.19. The molecule has 1 amide bonds. The van der Waals surface area contributed by atoms with Gasteiger partial charge in [-0.25, -0.2) is 9.18 Å². The highest BCUT2D eigenvalue weighted by Crippen LogP contribution is 2.35. The van der Waals surface area contributed by atoms with Gasteiger partial charge in [-0.05, 0) is 113 Å². The van der Waals surface area contributed by atoms with Crippen molar-refractivity contribution in [1.29, 1.82) is 0 Å². The SMILES string of the molecule is COc1ccc(-c2ccc(C(F)(F)F)cc2)cc1C(=O)Oc1ccc(-c2ccc(C(F)(F)F)cc2)cc1C(=O)N[C@H](Cc1ccc(-c2ccc(F)cc2)cc1Cl)C(C)=O. The summed E-state index contributed by atoms with van der Waals surface area (Å²) >= 11 is 6.60. The second-order valence-electron chi connectivity index (χ2n) is 13.3. The number of carbonyl (C=O) groups excluding carboxylic acids is 3. The van der Waals surface area contributed by atoms with E-state index in [-0.39, 0.29) is 45.2 Å². The molecule has 0 heterocycles. The van der Waals surface area contributed by atoms with Crippen molar-refractivity contribution in [3.8, 4) is 44.9 Å². The summed E-state index contributed by atoms with van der Waals surface area (Å²) in [5, 5.41) is 2.92. The summed E-state index contributed by atoms with van der Waals surface area (Å²) in [7, 11) is 1.28. The van der Waals surface area contributed by atoms with Crippen LogP contribution in [0.3, 0.4) is 0 Å². The third-order valence-corrected chi connectivity index (χ3v) is 9.74. The minimum Gasteiger partial charge on any atom is -0.496 e. The molecule has 0 saturated heterocycles. The van der Waals surface area contributed by atoms with E-state index in [0.717, 1.165) is 24.3 Å². The van der Waals surface area contributed by atoms with E-state index >= 15 is 0 Å². The van der Waals surface area contributed by atoms with Crippen molar-refractivity contribution < 1.29 is 54.6 Å². The molecule has 59 heavy (non-hydrogen) atoms. The highest BCUT2D eigenvalue weighted by Gasteiger charge is 2.31. The predicted octanol–water partition coefficient (Wildman–Crippen LogP) is 11.7. The summed E-state index contributed by atoms with van der Waals surface area (Å²) < 4.78 is 104. The number of Topliss-reactive ketones (excluding diaryl/α,β-unsaturated/α-hetero) is 1. The third-order valence-electron chi connectivity index (χ3n) is 9.39. The summed E-state index contributed by atoms with van der Waals surface area (Å²) in [5.41, 5.74) is 0.915. The number of halogens is 8. The third kappa shape index (κ3) is 9.98. The van der Waals surface area contributed by atoms with Gasteiger partial charge in [0.2, 0.25) is 0 Å². The summed E-state index contributed by atoms with van der Waals surface area (Å²) in [6.07, 6.45) is -9.22. The molecule has 6 nitrogen and oxygen atoms in total. The summed E-state index contributed by atoms with van der Waals surface area (Å²) in [6.45, 7) is 1.25. The second kappa shape index (κ2) is 17.2. The molecule has 0 aliphatic carbocycles. The van der Waals surface area contributed by atoms with E-state index in [1.54, 1.807) is 30.3 Å². The van der Waals surface area contributed by atoms with Crippen molar-refractivity contribution in [2.45, 2.75) is 31.7 Å². The van der Waals surface area contributed by atoms with Crippen LogP contribution in [0, 0.1) is 5.82 Å². The number of rotatable bonds is 11. The molecule has 0 unspecified atom stereocenters. The van der Waals surface area contributed by atoms with Crippen LogP contribution in [-0.2, 0) is 23.6 Å². The van der Waals surface area contributed by atoms with Crippen molar-refractivity contribution in [2.24, 2.45) is 0 Å². The fraction of sp³-hybridized carbons (Fsp3) is 0.133. The standard InChI is InChI=1S/C45H31ClF7NO5/c1-25(55)39(24-32-4-3-31(23-38(32)46)28-9-17-35(47)18-10-28)54-42(56)36-21-29(26-5-13-33(14-6-26)44(48,49)50)12-20-41(36)59-43(57)37-22-30(11-19-40(37)58-2)27-7-15-34(16-8-27)45(51,52)53/h3-23,39H,24H2,1-2H3,(H,54,56)/t39-/m1/s1. The lowest BCUT2D eigenvalue weighted by molar-refractivity contribution is -0.138. The molecule has 6 aromatic carbocycles. The minimum atomic E-state index is -4.60. The first-order valence-corrected chi connectivity index (χ1v) is 18.0. The number of benzene rings is 6. The Hall–Kier alpha value is -6.47. The fourth-order valence-corrected chi connectivity index (χ4v) is 6.43. The molecule has 1 N–H and O–H groups in total. The van der Waals surface area contributed by atoms with Crippen LogP contribution in [0.2, 0.25) is 5.02 Å². The molecule has 14 heteroatoms. The number of nitrogens with one attached hydrogen (secondary N) is 1. The summed E-state index contributed by atoms with van der Waals surface area (Å²) in [5.74, 6) is -3.04. The van der Waals surface area contributed by atoms with Gasteiger partial charge in [0, 0.05) is 11.4 Å².